The molecular weight excluding hydrogens is 174 g/mol. The van der Waals surface area contributed by atoms with Crippen LogP contribution in [0.25, 0.3) is 0 Å². The van der Waals surface area contributed by atoms with Gasteiger partial charge in [-0.05, 0) is 17.7 Å². The average Bonchev–Trinajstić information content (AvgIpc) is 2.29. The summed E-state index contributed by atoms with van der Waals surface area (Å²) in [7, 11) is 0. The number of hydrogen-bond donors (Lipinski definition) is 1. The molecule has 1 aromatic rings. The van der Waals surface area contributed by atoms with E-state index in [2.05, 4.69) is 17.4 Å². The molecule has 0 radical (unpaired) electrons. The maximum atomic E-state index is 5.32. The van der Waals surface area contributed by atoms with Gasteiger partial charge in [0.05, 0.1) is 6.26 Å². The van der Waals surface area contributed by atoms with E-state index in [1.165, 1.54) is 5.56 Å². The molecule has 0 saturated heterocycles. The average molecular weight is 187 g/mol. The van der Waals surface area contributed by atoms with Crippen molar-refractivity contribution in [3.8, 4) is 0 Å². The number of nitrogens with one attached hydrogen (secondary N) is 1. The first-order valence-corrected chi connectivity index (χ1v) is 4.71. The molecule has 2 rings (SSSR count). The molecule has 0 fully saturated rings. The molecule has 2 heteroatoms. The molecule has 0 spiro atoms. The SMILES string of the molecule is C1=COC(NCc2ccccc2)C=C1. The fourth-order valence-corrected chi connectivity index (χ4v) is 1.32. The van der Waals surface area contributed by atoms with Crippen LogP contribution in [0, 0.1) is 0 Å². The lowest BCUT2D eigenvalue weighted by Gasteiger charge is -2.16. The highest BCUT2D eigenvalue weighted by Gasteiger charge is 2.03. The minimum absolute atomic E-state index is 0.000191. The van der Waals surface area contributed by atoms with Crippen molar-refractivity contribution < 1.29 is 4.74 Å². The Morgan fingerprint density at radius 2 is 2.00 bits per heavy atom. The minimum atomic E-state index is 0.000191. The van der Waals surface area contributed by atoms with Gasteiger partial charge in [-0.25, -0.2) is 0 Å². The first-order valence-electron chi connectivity index (χ1n) is 4.71. The number of allylic oxidation sites excluding steroid dienone is 2. The Kier molecular flexibility index (Phi) is 2.99. The third kappa shape index (κ3) is 2.47. The molecule has 0 amide bonds. The number of benzene rings is 1. The Morgan fingerprint density at radius 3 is 2.71 bits per heavy atom. The lowest BCUT2D eigenvalue weighted by molar-refractivity contribution is 0.148. The molecule has 2 nitrogen and oxygen atoms in total. The standard InChI is InChI=1S/C12H13NO/c1-2-6-11(7-3-1)10-13-12-8-4-5-9-14-12/h1-9,12-13H,10H2. The third-order valence-electron chi connectivity index (χ3n) is 2.05. The quantitative estimate of drug-likeness (QED) is 0.783. The highest BCUT2D eigenvalue weighted by Crippen LogP contribution is 2.02. The van der Waals surface area contributed by atoms with Gasteiger partial charge in [0.2, 0.25) is 0 Å². The van der Waals surface area contributed by atoms with Crippen LogP contribution in [-0.4, -0.2) is 6.23 Å². The highest BCUT2D eigenvalue weighted by atomic mass is 16.5. The summed E-state index contributed by atoms with van der Waals surface area (Å²) in [5.41, 5.74) is 1.26. The van der Waals surface area contributed by atoms with Crippen LogP contribution in [0.1, 0.15) is 5.56 Å². The molecule has 14 heavy (non-hydrogen) atoms. The van der Waals surface area contributed by atoms with Gasteiger partial charge < -0.3 is 4.74 Å². The third-order valence-corrected chi connectivity index (χ3v) is 2.05. The van der Waals surface area contributed by atoms with E-state index >= 15 is 0 Å². The van der Waals surface area contributed by atoms with Crippen molar-refractivity contribution in [2.24, 2.45) is 0 Å². The molecule has 1 unspecified atom stereocenters. The molecule has 72 valence electrons. The first kappa shape index (κ1) is 9.03. The van der Waals surface area contributed by atoms with Crippen LogP contribution in [0.2, 0.25) is 0 Å². The number of hydrogen-bond acceptors (Lipinski definition) is 2. The normalized spacial score (nSPS) is 19.3. The second-order valence-corrected chi connectivity index (χ2v) is 3.14. The maximum Gasteiger partial charge on any atom is 0.169 e. The van der Waals surface area contributed by atoms with E-state index in [9.17, 15) is 0 Å². The van der Waals surface area contributed by atoms with Gasteiger partial charge in [-0.3, -0.25) is 5.32 Å². The van der Waals surface area contributed by atoms with Crippen LogP contribution in [0.4, 0.5) is 0 Å². The van der Waals surface area contributed by atoms with Gasteiger partial charge in [0.15, 0.2) is 6.23 Å². The van der Waals surface area contributed by atoms with Crippen LogP contribution in [0.5, 0.6) is 0 Å². The predicted octanol–water partition coefficient (Wildman–Crippen LogP) is 2.20. The molecule has 1 atom stereocenters. The van der Waals surface area contributed by atoms with Crippen molar-refractivity contribution in [1.82, 2.24) is 5.32 Å². The number of rotatable bonds is 3. The van der Waals surface area contributed by atoms with Crippen molar-refractivity contribution in [1.29, 1.82) is 0 Å². The van der Waals surface area contributed by atoms with Crippen molar-refractivity contribution in [3.05, 3.63) is 60.4 Å². The van der Waals surface area contributed by atoms with Gasteiger partial charge in [0, 0.05) is 6.54 Å². The van der Waals surface area contributed by atoms with Crippen LogP contribution >= 0.6 is 0 Å². The van der Waals surface area contributed by atoms with Gasteiger partial charge in [-0.2, -0.15) is 0 Å². The summed E-state index contributed by atoms with van der Waals surface area (Å²) < 4.78 is 5.32. The molecule has 1 aliphatic rings. The highest BCUT2D eigenvalue weighted by molar-refractivity contribution is 5.15. The first-order chi connectivity index (χ1) is 6.95. The van der Waals surface area contributed by atoms with Crippen molar-refractivity contribution in [2.75, 3.05) is 0 Å². The van der Waals surface area contributed by atoms with Crippen molar-refractivity contribution in [2.45, 2.75) is 12.8 Å². The Labute approximate surface area is 83.9 Å². The van der Waals surface area contributed by atoms with Gasteiger partial charge in [-0.1, -0.05) is 36.4 Å². The Morgan fingerprint density at radius 1 is 1.14 bits per heavy atom. The maximum absolute atomic E-state index is 5.32. The zero-order chi connectivity index (χ0) is 9.64. The Bertz CT molecular complexity index is 329. The molecular formula is C12H13NO. The molecule has 0 aromatic heterocycles. The lowest BCUT2D eigenvalue weighted by atomic mass is 10.2. The smallest absolute Gasteiger partial charge is 0.169 e. The molecule has 1 aromatic carbocycles. The van der Waals surface area contributed by atoms with Gasteiger partial charge >= 0.3 is 0 Å². The van der Waals surface area contributed by atoms with Crippen LogP contribution in [0.3, 0.4) is 0 Å². The summed E-state index contributed by atoms with van der Waals surface area (Å²) in [6, 6.07) is 10.3. The summed E-state index contributed by atoms with van der Waals surface area (Å²) in [4.78, 5) is 0. The summed E-state index contributed by atoms with van der Waals surface area (Å²) in [6.45, 7) is 0.823. The molecule has 0 bridgehead atoms. The van der Waals surface area contributed by atoms with Crippen LogP contribution in [-0.2, 0) is 11.3 Å². The van der Waals surface area contributed by atoms with Crippen LogP contribution in [0.15, 0.2) is 54.8 Å². The summed E-state index contributed by atoms with van der Waals surface area (Å²) in [6.07, 6.45) is 7.54. The minimum Gasteiger partial charge on any atom is -0.479 e. The topological polar surface area (TPSA) is 21.3 Å². The van der Waals surface area contributed by atoms with Crippen molar-refractivity contribution >= 4 is 0 Å². The van der Waals surface area contributed by atoms with E-state index in [1.54, 1.807) is 6.26 Å². The molecule has 1 aliphatic heterocycles. The van der Waals surface area contributed by atoms with E-state index in [-0.39, 0.29) is 6.23 Å². The fourth-order valence-electron chi connectivity index (χ4n) is 1.32. The molecule has 1 heterocycles. The van der Waals surface area contributed by atoms with Crippen LogP contribution < -0.4 is 5.32 Å². The molecule has 0 aliphatic carbocycles. The summed E-state index contributed by atoms with van der Waals surface area (Å²) >= 11 is 0. The molecule has 0 saturated carbocycles. The van der Waals surface area contributed by atoms with Gasteiger partial charge in [-0.15, -0.1) is 0 Å². The number of ether oxygens (including phenoxy) is 1. The van der Waals surface area contributed by atoms with E-state index in [0.29, 0.717) is 0 Å². The van der Waals surface area contributed by atoms with E-state index < -0.39 is 0 Å². The summed E-state index contributed by atoms with van der Waals surface area (Å²) in [5.74, 6) is 0. The summed E-state index contributed by atoms with van der Waals surface area (Å²) in [5, 5.41) is 3.28. The monoisotopic (exact) mass is 187 g/mol. The predicted molar refractivity (Wildman–Crippen MR) is 56.4 cm³/mol. The zero-order valence-electron chi connectivity index (χ0n) is 7.89. The van der Waals surface area contributed by atoms with E-state index in [4.69, 9.17) is 4.74 Å². The second-order valence-electron chi connectivity index (χ2n) is 3.14. The lowest BCUT2D eigenvalue weighted by Crippen LogP contribution is -2.28. The zero-order valence-corrected chi connectivity index (χ0v) is 7.89. The largest absolute Gasteiger partial charge is 0.479 e. The van der Waals surface area contributed by atoms with Crippen molar-refractivity contribution in [3.63, 3.8) is 0 Å². The Hall–Kier alpha value is -1.54. The van der Waals surface area contributed by atoms with Gasteiger partial charge in [0.25, 0.3) is 0 Å². The fraction of sp³-hybridized carbons (Fsp3) is 0.167. The molecule has 1 N–H and O–H groups in total. The van der Waals surface area contributed by atoms with E-state index in [1.807, 2.05) is 36.4 Å². The Balaban J connectivity index is 1.83. The van der Waals surface area contributed by atoms with E-state index in [0.717, 1.165) is 6.54 Å². The van der Waals surface area contributed by atoms with Gasteiger partial charge in [0.1, 0.15) is 0 Å². The second kappa shape index (κ2) is 4.63.